The topological polar surface area (TPSA) is 12.0 Å². The third kappa shape index (κ3) is 2.18. The molecule has 2 aromatic rings. The van der Waals surface area contributed by atoms with Gasteiger partial charge in [-0.2, -0.15) is 0 Å². The molecule has 98 valence electrons. The molecule has 1 aliphatic carbocycles. The van der Waals surface area contributed by atoms with E-state index in [9.17, 15) is 13.2 Å². The second kappa shape index (κ2) is 4.61. The van der Waals surface area contributed by atoms with Gasteiger partial charge in [0.15, 0.2) is 11.6 Å². The Morgan fingerprint density at radius 3 is 2.68 bits per heavy atom. The number of hydrogen-bond acceptors (Lipinski definition) is 1. The standard InChI is InChI=1S/C15H12F3N/c16-11-6-13(17)15(18)14(7-11)19-8-10-5-9-3-1-2-4-12(9)10/h1-4,6-7,10,19H,5,8H2. The molecule has 1 atom stereocenters. The molecule has 0 saturated heterocycles. The highest BCUT2D eigenvalue weighted by atomic mass is 19.2. The van der Waals surface area contributed by atoms with Crippen LogP contribution in [0.25, 0.3) is 0 Å². The van der Waals surface area contributed by atoms with Crippen molar-refractivity contribution >= 4 is 5.69 Å². The number of fused-ring (bicyclic) bond motifs is 1. The summed E-state index contributed by atoms with van der Waals surface area (Å²) in [7, 11) is 0. The van der Waals surface area contributed by atoms with E-state index in [1.54, 1.807) is 0 Å². The first kappa shape index (κ1) is 12.1. The lowest BCUT2D eigenvalue weighted by Gasteiger charge is -2.30. The molecule has 0 aromatic heterocycles. The number of halogens is 3. The van der Waals surface area contributed by atoms with Crippen LogP contribution >= 0.6 is 0 Å². The fourth-order valence-corrected chi connectivity index (χ4v) is 2.46. The lowest BCUT2D eigenvalue weighted by molar-refractivity contribution is 0.496. The minimum atomic E-state index is -1.17. The van der Waals surface area contributed by atoms with E-state index in [1.165, 1.54) is 11.1 Å². The molecule has 4 heteroatoms. The van der Waals surface area contributed by atoms with Gasteiger partial charge in [0.25, 0.3) is 0 Å². The fraction of sp³-hybridized carbons (Fsp3) is 0.200. The lowest BCUT2D eigenvalue weighted by Crippen LogP contribution is -2.24. The van der Waals surface area contributed by atoms with Crippen molar-refractivity contribution in [3.8, 4) is 0 Å². The van der Waals surface area contributed by atoms with Crippen LogP contribution in [0.3, 0.4) is 0 Å². The van der Waals surface area contributed by atoms with E-state index in [4.69, 9.17) is 0 Å². The highest BCUT2D eigenvalue weighted by Crippen LogP contribution is 2.35. The summed E-state index contributed by atoms with van der Waals surface area (Å²) in [4.78, 5) is 0. The smallest absolute Gasteiger partial charge is 0.182 e. The zero-order valence-corrected chi connectivity index (χ0v) is 10.1. The van der Waals surface area contributed by atoms with E-state index < -0.39 is 17.5 Å². The Morgan fingerprint density at radius 2 is 1.89 bits per heavy atom. The van der Waals surface area contributed by atoms with Crippen LogP contribution in [0.2, 0.25) is 0 Å². The summed E-state index contributed by atoms with van der Waals surface area (Å²) in [5, 5.41) is 2.78. The van der Waals surface area contributed by atoms with Gasteiger partial charge in [-0.05, 0) is 17.5 Å². The Kier molecular flexibility index (Phi) is 2.93. The lowest BCUT2D eigenvalue weighted by atomic mass is 9.77. The van der Waals surface area contributed by atoms with Crippen molar-refractivity contribution in [1.82, 2.24) is 0 Å². The van der Waals surface area contributed by atoms with Gasteiger partial charge in [0.1, 0.15) is 5.82 Å². The Labute approximate surface area is 109 Å². The summed E-state index contributed by atoms with van der Waals surface area (Å²) in [5.74, 6) is -2.72. The molecule has 1 aliphatic rings. The molecule has 1 N–H and O–H groups in total. The van der Waals surface area contributed by atoms with Crippen LogP contribution in [0.15, 0.2) is 36.4 Å². The van der Waals surface area contributed by atoms with Gasteiger partial charge in [-0.1, -0.05) is 24.3 Å². The van der Waals surface area contributed by atoms with Crippen molar-refractivity contribution in [3.05, 3.63) is 65.0 Å². The second-order valence-corrected chi connectivity index (χ2v) is 4.73. The minimum absolute atomic E-state index is 0.123. The predicted octanol–water partition coefficient (Wildman–Crippen LogP) is 3.86. The molecule has 3 rings (SSSR count). The summed E-state index contributed by atoms with van der Waals surface area (Å²) in [6.07, 6.45) is 0.905. The average Bonchev–Trinajstić information content (AvgIpc) is 2.36. The summed E-state index contributed by atoms with van der Waals surface area (Å²) in [6, 6.07) is 9.52. The molecule has 0 saturated carbocycles. The molecule has 0 aliphatic heterocycles. The van der Waals surface area contributed by atoms with Crippen molar-refractivity contribution in [2.75, 3.05) is 11.9 Å². The van der Waals surface area contributed by atoms with Crippen LogP contribution in [-0.2, 0) is 6.42 Å². The number of benzene rings is 2. The average molecular weight is 263 g/mol. The molecule has 0 fully saturated rings. The molecule has 1 unspecified atom stereocenters. The van der Waals surface area contributed by atoms with Gasteiger partial charge in [-0.3, -0.25) is 0 Å². The van der Waals surface area contributed by atoms with Crippen LogP contribution in [0, 0.1) is 17.5 Å². The SMILES string of the molecule is Fc1cc(F)c(F)c(NCC2Cc3ccccc32)c1. The summed E-state index contributed by atoms with van der Waals surface area (Å²) >= 11 is 0. The van der Waals surface area contributed by atoms with Crippen LogP contribution in [0.5, 0.6) is 0 Å². The van der Waals surface area contributed by atoms with Crippen molar-refractivity contribution in [2.45, 2.75) is 12.3 Å². The Balaban J connectivity index is 1.72. The normalized spacial score (nSPS) is 16.7. The molecular weight excluding hydrogens is 251 g/mol. The number of anilines is 1. The van der Waals surface area contributed by atoms with E-state index in [0.717, 1.165) is 12.5 Å². The van der Waals surface area contributed by atoms with Crippen LogP contribution in [0.4, 0.5) is 18.9 Å². The first-order valence-corrected chi connectivity index (χ1v) is 6.11. The number of rotatable bonds is 3. The maximum atomic E-state index is 13.4. The van der Waals surface area contributed by atoms with Crippen LogP contribution in [-0.4, -0.2) is 6.54 Å². The Bertz CT molecular complexity index is 625. The first-order valence-electron chi connectivity index (χ1n) is 6.11. The van der Waals surface area contributed by atoms with Gasteiger partial charge in [-0.15, -0.1) is 0 Å². The summed E-state index contributed by atoms with van der Waals surface area (Å²) < 4.78 is 39.5. The van der Waals surface area contributed by atoms with Crippen LogP contribution < -0.4 is 5.32 Å². The zero-order valence-electron chi connectivity index (χ0n) is 10.1. The summed E-state index contributed by atoms with van der Waals surface area (Å²) in [6.45, 7) is 0.469. The van der Waals surface area contributed by atoms with E-state index in [2.05, 4.69) is 5.32 Å². The molecule has 0 spiro atoms. The van der Waals surface area contributed by atoms with Crippen molar-refractivity contribution in [2.24, 2.45) is 0 Å². The third-order valence-corrected chi connectivity index (χ3v) is 3.49. The molecule has 19 heavy (non-hydrogen) atoms. The number of nitrogens with one attached hydrogen (secondary N) is 1. The van der Waals surface area contributed by atoms with Crippen molar-refractivity contribution < 1.29 is 13.2 Å². The quantitative estimate of drug-likeness (QED) is 0.829. The highest BCUT2D eigenvalue weighted by molar-refractivity contribution is 5.48. The predicted molar refractivity (Wildman–Crippen MR) is 67.7 cm³/mol. The largest absolute Gasteiger partial charge is 0.382 e. The first-order chi connectivity index (χ1) is 9.15. The highest BCUT2D eigenvalue weighted by Gasteiger charge is 2.25. The maximum Gasteiger partial charge on any atom is 0.182 e. The van der Waals surface area contributed by atoms with E-state index in [1.807, 2.05) is 24.3 Å². The van der Waals surface area contributed by atoms with E-state index >= 15 is 0 Å². The molecular formula is C15H12F3N. The monoisotopic (exact) mass is 263 g/mol. The molecule has 0 radical (unpaired) electrons. The number of hydrogen-bond donors (Lipinski definition) is 1. The fourth-order valence-electron chi connectivity index (χ4n) is 2.46. The molecule has 1 nitrogen and oxygen atoms in total. The molecule has 0 bridgehead atoms. The summed E-state index contributed by atoms with van der Waals surface area (Å²) in [5.41, 5.74) is 2.37. The van der Waals surface area contributed by atoms with Gasteiger partial charge >= 0.3 is 0 Å². The van der Waals surface area contributed by atoms with Gasteiger partial charge in [0.2, 0.25) is 0 Å². The van der Waals surface area contributed by atoms with E-state index in [0.29, 0.717) is 12.6 Å². The van der Waals surface area contributed by atoms with Crippen molar-refractivity contribution in [3.63, 3.8) is 0 Å². The Hall–Kier alpha value is -1.97. The minimum Gasteiger partial charge on any atom is -0.382 e. The van der Waals surface area contributed by atoms with Gasteiger partial charge in [0, 0.05) is 24.6 Å². The second-order valence-electron chi connectivity index (χ2n) is 4.73. The Morgan fingerprint density at radius 1 is 1.11 bits per heavy atom. The molecule has 0 heterocycles. The van der Waals surface area contributed by atoms with Crippen LogP contribution in [0.1, 0.15) is 17.0 Å². The van der Waals surface area contributed by atoms with Gasteiger partial charge < -0.3 is 5.32 Å². The zero-order chi connectivity index (χ0) is 13.4. The van der Waals surface area contributed by atoms with E-state index in [-0.39, 0.29) is 11.6 Å². The van der Waals surface area contributed by atoms with Gasteiger partial charge in [-0.25, -0.2) is 13.2 Å². The van der Waals surface area contributed by atoms with Crippen molar-refractivity contribution in [1.29, 1.82) is 0 Å². The molecule has 2 aromatic carbocycles. The third-order valence-electron chi connectivity index (χ3n) is 3.49. The maximum absolute atomic E-state index is 13.4. The molecule has 0 amide bonds. The van der Waals surface area contributed by atoms with Gasteiger partial charge in [0.05, 0.1) is 5.69 Å².